The molecule has 25 heavy (non-hydrogen) atoms. The maximum absolute atomic E-state index is 5.30. The average molecular weight is 354 g/mol. The Hall–Kier alpha value is -2.18. The number of benzene rings is 1. The van der Waals surface area contributed by atoms with Crippen LogP contribution in [0.25, 0.3) is 10.2 Å². The second kappa shape index (κ2) is 7.37. The average Bonchev–Trinajstić information content (AvgIpc) is 3.34. The van der Waals surface area contributed by atoms with Gasteiger partial charge in [-0.3, -0.25) is 4.90 Å². The first-order chi connectivity index (χ1) is 12.3. The SMILES string of the molecule is COc1ccc([C@@H](CNc2ncnc3sccc23)N2CCCC2)cc1. The summed E-state index contributed by atoms with van der Waals surface area (Å²) in [5.74, 6) is 1.82. The van der Waals surface area contributed by atoms with Crippen LogP contribution < -0.4 is 10.1 Å². The smallest absolute Gasteiger partial charge is 0.138 e. The fourth-order valence-corrected chi connectivity index (χ4v) is 4.19. The van der Waals surface area contributed by atoms with Gasteiger partial charge in [0.1, 0.15) is 22.7 Å². The van der Waals surface area contributed by atoms with Gasteiger partial charge in [0, 0.05) is 6.54 Å². The highest BCUT2D eigenvalue weighted by Gasteiger charge is 2.23. The van der Waals surface area contributed by atoms with E-state index >= 15 is 0 Å². The van der Waals surface area contributed by atoms with E-state index in [1.54, 1.807) is 24.8 Å². The van der Waals surface area contributed by atoms with Gasteiger partial charge in [0.15, 0.2) is 0 Å². The number of aromatic nitrogens is 2. The summed E-state index contributed by atoms with van der Waals surface area (Å²) in [4.78, 5) is 12.4. The first-order valence-electron chi connectivity index (χ1n) is 8.65. The molecule has 130 valence electrons. The molecule has 3 heterocycles. The lowest BCUT2D eigenvalue weighted by molar-refractivity contribution is 0.255. The molecule has 0 amide bonds. The molecule has 1 aliphatic heterocycles. The molecule has 4 rings (SSSR count). The summed E-state index contributed by atoms with van der Waals surface area (Å²) in [7, 11) is 1.70. The number of nitrogens with zero attached hydrogens (tertiary/aromatic N) is 3. The number of anilines is 1. The molecule has 1 atom stereocenters. The molecule has 0 radical (unpaired) electrons. The Balaban J connectivity index is 1.56. The molecule has 0 aliphatic carbocycles. The lowest BCUT2D eigenvalue weighted by atomic mass is 10.1. The van der Waals surface area contributed by atoms with Crippen molar-refractivity contribution < 1.29 is 4.74 Å². The van der Waals surface area contributed by atoms with Crippen LogP contribution in [0.15, 0.2) is 42.0 Å². The van der Waals surface area contributed by atoms with Crippen LogP contribution in [0.5, 0.6) is 5.75 Å². The topological polar surface area (TPSA) is 50.3 Å². The van der Waals surface area contributed by atoms with Crippen molar-refractivity contribution in [1.82, 2.24) is 14.9 Å². The van der Waals surface area contributed by atoms with Gasteiger partial charge >= 0.3 is 0 Å². The minimum Gasteiger partial charge on any atom is -0.497 e. The summed E-state index contributed by atoms with van der Waals surface area (Å²) in [6.07, 6.45) is 4.18. The fourth-order valence-electron chi connectivity index (χ4n) is 3.46. The van der Waals surface area contributed by atoms with Gasteiger partial charge in [0.05, 0.1) is 18.5 Å². The molecule has 0 unspecified atom stereocenters. The third kappa shape index (κ3) is 3.45. The number of fused-ring (bicyclic) bond motifs is 1. The van der Waals surface area contributed by atoms with Gasteiger partial charge in [-0.15, -0.1) is 11.3 Å². The normalized spacial score (nSPS) is 16.2. The largest absolute Gasteiger partial charge is 0.497 e. The number of thiophene rings is 1. The van der Waals surface area contributed by atoms with Crippen LogP contribution in [0.3, 0.4) is 0 Å². The Morgan fingerprint density at radius 3 is 2.72 bits per heavy atom. The molecule has 1 N–H and O–H groups in total. The number of methoxy groups -OCH3 is 1. The first-order valence-corrected chi connectivity index (χ1v) is 9.53. The van der Waals surface area contributed by atoms with E-state index in [4.69, 9.17) is 4.74 Å². The van der Waals surface area contributed by atoms with E-state index in [0.717, 1.165) is 41.4 Å². The number of rotatable bonds is 6. The summed E-state index contributed by atoms with van der Waals surface area (Å²) >= 11 is 1.65. The van der Waals surface area contributed by atoms with Crippen molar-refractivity contribution in [2.75, 3.05) is 32.1 Å². The summed E-state index contributed by atoms with van der Waals surface area (Å²) in [6.45, 7) is 3.13. The van der Waals surface area contributed by atoms with E-state index in [1.165, 1.54) is 18.4 Å². The van der Waals surface area contributed by atoms with Crippen molar-refractivity contribution >= 4 is 27.4 Å². The molecule has 2 aromatic heterocycles. The number of hydrogen-bond donors (Lipinski definition) is 1. The number of nitrogens with one attached hydrogen (secondary N) is 1. The molecule has 1 aliphatic rings. The van der Waals surface area contributed by atoms with Crippen molar-refractivity contribution in [2.24, 2.45) is 0 Å². The lowest BCUT2D eigenvalue weighted by Crippen LogP contribution is -2.31. The van der Waals surface area contributed by atoms with Gasteiger partial charge in [-0.2, -0.15) is 0 Å². The minimum absolute atomic E-state index is 0.331. The molecule has 3 aromatic rings. The highest BCUT2D eigenvalue weighted by molar-refractivity contribution is 7.16. The summed E-state index contributed by atoms with van der Waals surface area (Å²) in [6, 6.07) is 10.8. The van der Waals surface area contributed by atoms with Crippen LogP contribution in [0.4, 0.5) is 5.82 Å². The van der Waals surface area contributed by atoms with Crippen LogP contribution in [-0.2, 0) is 0 Å². The quantitative estimate of drug-likeness (QED) is 0.726. The Morgan fingerprint density at radius 1 is 1.16 bits per heavy atom. The third-order valence-electron chi connectivity index (χ3n) is 4.81. The number of hydrogen-bond acceptors (Lipinski definition) is 6. The fraction of sp³-hybridized carbons (Fsp3) is 0.368. The van der Waals surface area contributed by atoms with Crippen molar-refractivity contribution in [3.8, 4) is 5.75 Å². The molecule has 0 spiro atoms. The zero-order valence-electron chi connectivity index (χ0n) is 14.3. The van der Waals surface area contributed by atoms with Gasteiger partial charge in [-0.05, 0) is 55.1 Å². The Bertz CT molecular complexity index is 827. The predicted octanol–water partition coefficient (Wildman–Crippen LogP) is 3.95. The van der Waals surface area contributed by atoms with Crippen LogP contribution in [0, 0.1) is 0 Å². The molecule has 6 heteroatoms. The lowest BCUT2D eigenvalue weighted by Gasteiger charge is -2.28. The highest BCUT2D eigenvalue weighted by Crippen LogP contribution is 2.29. The third-order valence-corrected chi connectivity index (χ3v) is 5.63. The molecule has 5 nitrogen and oxygen atoms in total. The second-order valence-electron chi connectivity index (χ2n) is 6.27. The second-order valence-corrected chi connectivity index (χ2v) is 7.17. The van der Waals surface area contributed by atoms with Crippen LogP contribution >= 0.6 is 11.3 Å². The number of ether oxygens (including phenoxy) is 1. The van der Waals surface area contributed by atoms with Crippen molar-refractivity contribution in [1.29, 1.82) is 0 Å². The van der Waals surface area contributed by atoms with E-state index in [2.05, 4.69) is 43.8 Å². The predicted molar refractivity (Wildman–Crippen MR) is 102 cm³/mol. The van der Waals surface area contributed by atoms with Gasteiger partial charge in [0.25, 0.3) is 0 Å². The molecule has 1 saturated heterocycles. The zero-order valence-corrected chi connectivity index (χ0v) is 15.1. The van der Waals surface area contributed by atoms with E-state index < -0.39 is 0 Å². The molecule has 1 aromatic carbocycles. The van der Waals surface area contributed by atoms with Gasteiger partial charge in [0.2, 0.25) is 0 Å². The molecular weight excluding hydrogens is 332 g/mol. The van der Waals surface area contributed by atoms with Crippen LogP contribution in [0.2, 0.25) is 0 Å². The summed E-state index contributed by atoms with van der Waals surface area (Å²) < 4.78 is 5.30. The Labute approximate surface area is 151 Å². The standard InChI is InChI=1S/C19H22N4OS/c1-24-15-6-4-14(5-7-15)17(23-9-2-3-10-23)12-20-18-16-8-11-25-19(16)22-13-21-18/h4-8,11,13,17H,2-3,9-10,12H2,1H3,(H,20,21,22)/t17-/m1/s1. The maximum atomic E-state index is 5.30. The number of likely N-dealkylation sites (tertiary alicyclic amines) is 1. The zero-order chi connectivity index (χ0) is 17.1. The van der Waals surface area contributed by atoms with Crippen molar-refractivity contribution in [3.63, 3.8) is 0 Å². The van der Waals surface area contributed by atoms with Crippen LogP contribution in [0.1, 0.15) is 24.4 Å². The van der Waals surface area contributed by atoms with E-state index in [9.17, 15) is 0 Å². The van der Waals surface area contributed by atoms with E-state index in [0.29, 0.717) is 6.04 Å². The van der Waals surface area contributed by atoms with Crippen molar-refractivity contribution in [2.45, 2.75) is 18.9 Å². The summed E-state index contributed by atoms with van der Waals surface area (Å²) in [5.41, 5.74) is 1.31. The van der Waals surface area contributed by atoms with E-state index in [1.807, 2.05) is 12.1 Å². The Morgan fingerprint density at radius 2 is 1.96 bits per heavy atom. The van der Waals surface area contributed by atoms with Crippen molar-refractivity contribution in [3.05, 3.63) is 47.6 Å². The highest BCUT2D eigenvalue weighted by atomic mass is 32.1. The van der Waals surface area contributed by atoms with Gasteiger partial charge in [-0.1, -0.05) is 12.1 Å². The van der Waals surface area contributed by atoms with E-state index in [-0.39, 0.29) is 0 Å². The first kappa shape index (κ1) is 16.3. The van der Waals surface area contributed by atoms with Gasteiger partial charge < -0.3 is 10.1 Å². The Kier molecular flexibility index (Phi) is 4.81. The maximum Gasteiger partial charge on any atom is 0.138 e. The van der Waals surface area contributed by atoms with Crippen LogP contribution in [-0.4, -0.2) is 41.6 Å². The summed E-state index contributed by atoms with van der Waals surface area (Å²) in [5, 5.41) is 6.72. The monoisotopic (exact) mass is 354 g/mol. The minimum atomic E-state index is 0.331. The molecule has 0 bridgehead atoms. The van der Waals surface area contributed by atoms with Gasteiger partial charge in [-0.25, -0.2) is 9.97 Å². The molecule has 0 saturated carbocycles. The molecule has 1 fully saturated rings. The molecular formula is C19H22N4OS.